The Bertz CT molecular complexity index is 478. The summed E-state index contributed by atoms with van der Waals surface area (Å²) >= 11 is 11.2. The van der Waals surface area contributed by atoms with Crippen LogP contribution < -0.4 is 0 Å². The van der Waals surface area contributed by atoms with Gasteiger partial charge in [-0.05, 0) is 17.7 Å². The fraction of sp³-hybridized carbons (Fsp3) is 0. The number of rotatable bonds is 1. The van der Waals surface area contributed by atoms with Gasteiger partial charge >= 0.3 is 0 Å². The van der Waals surface area contributed by atoms with Crippen LogP contribution in [0.4, 0.5) is 0 Å². The topological polar surface area (TPSA) is 45.8 Å². The lowest BCUT2D eigenvalue weighted by Gasteiger charge is -1.97. The van der Waals surface area contributed by atoms with Crippen LogP contribution in [0.1, 0.15) is 10.4 Å². The highest BCUT2D eigenvalue weighted by Crippen LogP contribution is 2.25. The van der Waals surface area contributed by atoms with Crippen molar-refractivity contribution in [3.63, 3.8) is 0 Å². The van der Waals surface area contributed by atoms with Crippen LogP contribution in [0, 0.1) is 0 Å². The molecule has 0 saturated heterocycles. The van der Waals surface area contributed by atoms with Crippen molar-refractivity contribution in [1.29, 1.82) is 0 Å². The fourth-order valence-electron chi connectivity index (χ4n) is 1.11. The minimum atomic E-state index is -0.597. The van der Waals surface area contributed by atoms with E-state index < -0.39 is 5.24 Å². The predicted molar refractivity (Wildman–Crippen MR) is 51.3 cm³/mol. The second-order valence-electron chi connectivity index (χ2n) is 2.50. The van der Waals surface area contributed by atoms with Crippen molar-refractivity contribution in [2.75, 3.05) is 0 Å². The van der Waals surface area contributed by atoms with Gasteiger partial charge in [-0.15, -0.1) is 0 Å². The van der Waals surface area contributed by atoms with Gasteiger partial charge in [0.05, 0.1) is 10.6 Å². The largest absolute Gasteiger partial charge is 0.346 e. The molecule has 0 bridgehead atoms. The van der Waals surface area contributed by atoms with Crippen LogP contribution >= 0.6 is 23.2 Å². The van der Waals surface area contributed by atoms with E-state index in [1.54, 1.807) is 12.3 Å². The highest BCUT2D eigenvalue weighted by Gasteiger charge is 2.11. The first-order valence-electron chi connectivity index (χ1n) is 3.51. The van der Waals surface area contributed by atoms with E-state index in [4.69, 9.17) is 23.2 Å². The molecule has 2 aromatic rings. The molecule has 5 heteroatoms. The van der Waals surface area contributed by atoms with E-state index >= 15 is 0 Å². The first-order chi connectivity index (χ1) is 6.20. The number of hydrogen-bond donors (Lipinski definition) is 1. The number of nitrogens with one attached hydrogen (secondary N) is 1. The molecule has 0 aromatic carbocycles. The Kier molecular flexibility index (Phi) is 1.98. The number of nitrogens with zero attached hydrogens (tertiary/aromatic N) is 1. The number of carbonyl (C=O) groups is 1. The van der Waals surface area contributed by atoms with Crippen LogP contribution in [0.25, 0.3) is 11.0 Å². The standard InChI is InChI=1S/C8H4Cl2N2O/c9-6-4-1-2-11-8(4)12-3-5(6)7(10)13/h1-3H,(H,11,12). The van der Waals surface area contributed by atoms with Crippen molar-refractivity contribution in [3.8, 4) is 0 Å². The molecule has 2 rings (SSSR count). The average molecular weight is 215 g/mol. The lowest BCUT2D eigenvalue weighted by atomic mass is 10.2. The van der Waals surface area contributed by atoms with Gasteiger partial charge in [-0.1, -0.05) is 11.6 Å². The van der Waals surface area contributed by atoms with Crippen LogP contribution in [0.5, 0.6) is 0 Å². The lowest BCUT2D eigenvalue weighted by Crippen LogP contribution is -1.92. The predicted octanol–water partition coefficient (Wildman–Crippen LogP) is 2.60. The van der Waals surface area contributed by atoms with Crippen molar-refractivity contribution in [3.05, 3.63) is 29.0 Å². The number of pyridine rings is 1. The zero-order chi connectivity index (χ0) is 9.42. The molecule has 2 aromatic heterocycles. The summed E-state index contributed by atoms with van der Waals surface area (Å²) in [4.78, 5) is 17.7. The Morgan fingerprint density at radius 1 is 1.54 bits per heavy atom. The maximum absolute atomic E-state index is 10.9. The number of fused-ring (bicyclic) bond motifs is 1. The number of carbonyl (C=O) groups excluding carboxylic acids is 1. The van der Waals surface area contributed by atoms with Crippen LogP contribution in [-0.2, 0) is 0 Å². The van der Waals surface area contributed by atoms with Gasteiger partial charge in [0, 0.05) is 17.8 Å². The van der Waals surface area contributed by atoms with Gasteiger partial charge < -0.3 is 4.98 Å². The molecule has 0 amide bonds. The molecule has 3 nitrogen and oxygen atoms in total. The Labute approximate surface area is 83.7 Å². The second-order valence-corrected chi connectivity index (χ2v) is 3.22. The smallest absolute Gasteiger partial charge is 0.255 e. The summed E-state index contributed by atoms with van der Waals surface area (Å²) in [5.74, 6) is 0. The number of hydrogen-bond acceptors (Lipinski definition) is 2. The molecule has 0 aliphatic carbocycles. The molecule has 0 atom stereocenters. The molecule has 0 radical (unpaired) electrons. The van der Waals surface area contributed by atoms with E-state index in [0.717, 1.165) is 0 Å². The maximum Gasteiger partial charge on any atom is 0.255 e. The first-order valence-corrected chi connectivity index (χ1v) is 4.27. The van der Waals surface area contributed by atoms with Crippen molar-refractivity contribution in [1.82, 2.24) is 9.97 Å². The Hall–Kier alpha value is -1.06. The van der Waals surface area contributed by atoms with Crippen LogP contribution in [0.3, 0.4) is 0 Å². The van der Waals surface area contributed by atoms with Gasteiger partial charge in [0.1, 0.15) is 5.65 Å². The lowest BCUT2D eigenvalue weighted by molar-refractivity contribution is 0.108. The summed E-state index contributed by atoms with van der Waals surface area (Å²) in [6.45, 7) is 0. The summed E-state index contributed by atoms with van der Waals surface area (Å²) in [6, 6.07) is 1.74. The van der Waals surface area contributed by atoms with E-state index in [1.807, 2.05) is 0 Å². The van der Waals surface area contributed by atoms with Crippen LogP contribution in [0.15, 0.2) is 18.5 Å². The second kappa shape index (κ2) is 3.01. The highest BCUT2D eigenvalue weighted by atomic mass is 35.5. The summed E-state index contributed by atoms with van der Waals surface area (Å²) in [7, 11) is 0. The molecule has 1 N–H and O–H groups in total. The highest BCUT2D eigenvalue weighted by molar-refractivity contribution is 6.69. The van der Waals surface area contributed by atoms with Gasteiger partial charge in [-0.2, -0.15) is 0 Å². The molecule has 13 heavy (non-hydrogen) atoms. The number of aromatic nitrogens is 2. The van der Waals surface area contributed by atoms with Crippen molar-refractivity contribution in [2.24, 2.45) is 0 Å². The minimum Gasteiger partial charge on any atom is -0.346 e. The number of H-pyrrole nitrogens is 1. The molecular formula is C8H4Cl2N2O. The van der Waals surface area contributed by atoms with E-state index in [9.17, 15) is 4.79 Å². The van der Waals surface area contributed by atoms with E-state index in [2.05, 4.69) is 9.97 Å². The van der Waals surface area contributed by atoms with E-state index in [0.29, 0.717) is 16.1 Å². The number of aromatic amines is 1. The molecule has 0 aliphatic rings. The average Bonchev–Trinajstić information content (AvgIpc) is 2.52. The van der Waals surface area contributed by atoms with Gasteiger partial charge in [0.25, 0.3) is 5.24 Å². The third kappa shape index (κ3) is 1.30. The SMILES string of the molecule is O=C(Cl)c1cnc2[nH]ccc2c1Cl. The van der Waals surface area contributed by atoms with E-state index in [1.165, 1.54) is 6.20 Å². The normalized spacial score (nSPS) is 10.6. The molecule has 2 heterocycles. The number of halogens is 2. The van der Waals surface area contributed by atoms with Crippen LogP contribution in [-0.4, -0.2) is 15.2 Å². The molecule has 0 unspecified atom stereocenters. The molecule has 66 valence electrons. The summed E-state index contributed by atoms with van der Waals surface area (Å²) in [5, 5.41) is 0.444. The molecule has 0 fully saturated rings. The third-order valence-electron chi connectivity index (χ3n) is 1.73. The van der Waals surface area contributed by atoms with Crippen LogP contribution in [0.2, 0.25) is 5.02 Å². The molecule has 0 spiro atoms. The Balaban J connectivity index is 2.80. The fourth-order valence-corrected chi connectivity index (χ4v) is 1.59. The Morgan fingerprint density at radius 3 is 3.00 bits per heavy atom. The van der Waals surface area contributed by atoms with Gasteiger partial charge in [-0.3, -0.25) is 4.79 Å². The molecule has 0 aliphatic heterocycles. The third-order valence-corrected chi connectivity index (χ3v) is 2.34. The van der Waals surface area contributed by atoms with Gasteiger partial charge in [0.2, 0.25) is 0 Å². The van der Waals surface area contributed by atoms with Gasteiger partial charge in [-0.25, -0.2) is 4.98 Å². The summed E-state index contributed by atoms with van der Waals surface area (Å²) < 4.78 is 0. The first kappa shape index (κ1) is 8.53. The van der Waals surface area contributed by atoms with E-state index in [-0.39, 0.29) is 5.56 Å². The monoisotopic (exact) mass is 214 g/mol. The summed E-state index contributed by atoms with van der Waals surface area (Å²) in [5.41, 5.74) is 0.877. The zero-order valence-corrected chi connectivity index (χ0v) is 7.86. The van der Waals surface area contributed by atoms with Crippen molar-refractivity contribution in [2.45, 2.75) is 0 Å². The van der Waals surface area contributed by atoms with Crippen molar-refractivity contribution < 1.29 is 4.79 Å². The molecule has 0 saturated carbocycles. The van der Waals surface area contributed by atoms with Gasteiger partial charge in [0.15, 0.2) is 0 Å². The maximum atomic E-state index is 10.9. The quantitative estimate of drug-likeness (QED) is 0.743. The Morgan fingerprint density at radius 2 is 2.31 bits per heavy atom. The molecular weight excluding hydrogens is 211 g/mol. The summed E-state index contributed by atoms with van der Waals surface area (Å²) in [6.07, 6.45) is 3.06. The minimum absolute atomic E-state index is 0.232. The zero-order valence-electron chi connectivity index (χ0n) is 6.34. The van der Waals surface area contributed by atoms with Crippen molar-refractivity contribution >= 4 is 39.5 Å².